The van der Waals surface area contributed by atoms with E-state index in [-0.39, 0.29) is 103 Å². The number of Topliss-reactive ketones (excluding diaryl/α,β-unsaturated/α-hetero) is 1. The summed E-state index contributed by atoms with van der Waals surface area (Å²) in [5.74, 6) is -0.893. The number of nitrogens with one attached hydrogen (secondary N) is 4. The van der Waals surface area contributed by atoms with Gasteiger partial charge in [-0.1, -0.05) is 0 Å². The van der Waals surface area contributed by atoms with Gasteiger partial charge in [0, 0.05) is 18.8 Å². The van der Waals surface area contributed by atoms with Crippen LogP contribution < -0.4 is 39.4 Å². The van der Waals surface area contributed by atoms with Gasteiger partial charge >= 0.3 is 46.9 Å². The fourth-order valence-corrected chi connectivity index (χ4v) is 21.8. The average molecular weight is 2030 g/mol. The molecule has 135 heavy (non-hydrogen) atoms. The molecule has 0 radical (unpaired) electrons. The molecule has 16 N–H and O–H groups in total. The second-order valence-corrected chi connectivity index (χ2v) is 39.1. The molecule has 21 rings (SSSR count). The Hall–Kier alpha value is -10.0. The van der Waals surface area contributed by atoms with Crippen molar-refractivity contribution in [1.29, 1.82) is 0 Å². The number of ketones is 1. The molecule has 0 saturated carbocycles. The molecule has 11 aromatic heterocycles. The lowest BCUT2D eigenvalue weighted by Crippen LogP contribution is -2.37. The van der Waals surface area contributed by atoms with Gasteiger partial charge in [-0.2, -0.15) is 9.97 Å². The zero-order valence-electron chi connectivity index (χ0n) is 67.3. The van der Waals surface area contributed by atoms with Gasteiger partial charge in [-0.15, -0.1) is 0 Å². The van der Waals surface area contributed by atoms with E-state index in [1.54, 1.807) is 0 Å². The first-order chi connectivity index (χ1) is 63.9. The summed E-state index contributed by atoms with van der Waals surface area (Å²) < 4.78 is 274. The number of pyridine rings is 1. The number of nitrogens with zero attached hydrogens (tertiary/aromatic N) is 18. The van der Waals surface area contributed by atoms with Gasteiger partial charge in [-0.05, 0) is 13.0 Å². The third-order valence-electron chi connectivity index (χ3n) is 22.0. The van der Waals surface area contributed by atoms with Crippen LogP contribution in [0.4, 0.5) is 49.7 Å². The van der Waals surface area contributed by atoms with Crippen molar-refractivity contribution in [1.82, 2.24) is 102 Å². The van der Waals surface area contributed by atoms with E-state index in [0.717, 1.165) is 65.4 Å². The number of imidazole rings is 6. The predicted octanol–water partition coefficient (Wildman–Crippen LogP) is 0.644. The third kappa shape index (κ3) is 18.0. The van der Waals surface area contributed by atoms with Gasteiger partial charge in [0.05, 0.1) is 89.6 Å². The van der Waals surface area contributed by atoms with Gasteiger partial charge in [-0.3, -0.25) is 116 Å². The molecule has 11 aromatic rings. The average Bonchev–Trinajstić information content (AvgIpc) is 1.61. The van der Waals surface area contributed by atoms with Gasteiger partial charge in [0.1, 0.15) is 84.6 Å². The van der Waals surface area contributed by atoms with Gasteiger partial charge < -0.3 is 85.0 Å². The molecule has 0 spiro atoms. The minimum atomic E-state index is -5.20. The highest BCUT2D eigenvalue weighted by Crippen LogP contribution is 2.60. The number of ether oxygens (including phenoxy) is 6. The highest BCUT2D eigenvalue weighted by molar-refractivity contribution is 7.48. The Morgan fingerprint density at radius 3 is 1.01 bits per heavy atom. The summed E-state index contributed by atoms with van der Waals surface area (Å²) >= 11 is 0. The number of nitrogens with two attached hydrogens (primary N) is 3. The van der Waals surface area contributed by atoms with Crippen LogP contribution in [-0.4, -0.2) is 293 Å². The Labute approximate surface area is 740 Å². The maximum Gasteiger partial charge on any atom is 0.472 e. The lowest BCUT2D eigenvalue weighted by atomic mass is 10.1. The van der Waals surface area contributed by atoms with E-state index in [4.69, 9.17) is 99.9 Å². The van der Waals surface area contributed by atoms with Crippen LogP contribution in [-0.2, 0) is 110 Å². The molecule has 72 heteroatoms. The first-order valence-corrected chi connectivity index (χ1v) is 48.1. The minimum Gasteiger partial charge on any atom is -0.397 e. The maximum absolute atomic E-state index is 15.9. The molecule has 10 aliphatic heterocycles. The van der Waals surface area contributed by atoms with Crippen LogP contribution in [0.15, 0.2) is 80.7 Å². The number of nitrogen functional groups attached to an aromatic ring is 3. The van der Waals surface area contributed by atoms with E-state index in [0.29, 0.717) is 0 Å². The van der Waals surface area contributed by atoms with Crippen molar-refractivity contribution in [3.8, 4) is 0 Å². The van der Waals surface area contributed by atoms with E-state index in [1.807, 2.05) is 0 Å². The molecule has 0 bridgehead atoms. The molecule has 60 nitrogen and oxygen atoms in total. The van der Waals surface area contributed by atoms with Crippen molar-refractivity contribution in [2.24, 2.45) is 4.99 Å². The number of aromatic nitrogens is 21. The molecule has 10 aliphatic rings. The Balaban J connectivity index is 0.000000130. The highest BCUT2D eigenvalue weighted by atomic mass is 31.2. The second kappa shape index (κ2) is 35.4. The first kappa shape index (κ1) is 94.0. The quantitative estimate of drug-likeness (QED) is 0.0802. The fourth-order valence-electron chi connectivity index (χ4n) is 16.0. The smallest absolute Gasteiger partial charge is 0.397 e. The van der Waals surface area contributed by atoms with Crippen LogP contribution in [0.5, 0.6) is 0 Å². The second-order valence-electron chi connectivity index (χ2n) is 30.6. The number of phosphoric acid groups is 6. The summed E-state index contributed by atoms with van der Waals surface area (Å²) in [6.07, 6.45) is -34.8. The summed E-state index contributed by atoms with van der Waals surface area (Å²) in [6.45, 7) is -4.23. The number of halogens is 6. The number of hydrogen-bond acceptors (Lipinski definition) is 44. The van der Waals surface area contributed by atoms with Crippen LogP contribution in [0.1, 0.15) is 60.1 Å². The van der Waals surface area contributed by atoms with Crippen molar-refractivity contribution in [2.75, 3.05) is 56.8 Å². The van der Waals surface area contributed by atoms with Gasteiger partial charge in [0.2, 0.25) is 11.9 Å². The molecular formula is C63H67F6N25O35P6. The number of aryl methyl sites for hydroxylation is 1. The fraction of sp³-hybridized carbons (Fsp3) is 0.508. The van der Waals surface area contributed by atoms with Crippen molar-refractivity contribution in [3.05, 3.63) is 109 Å². The molecule has 0 amide bonds. The SMILES string of the molecule is Cc1nc2c(ncn2C2OC3COP(=O)(O)O[C@@H]4C(COP(=O)(O)O[C@H]3[C@H]2F)OC(n2cnc3c(=O)[nH]c(N)nc32)[C@@H]4F)c(=O)[nH]1.Nc1nc2c(ncn2C2OC3COP(=O)(O)O[C@@H]4C(COP(=O)(O)OC3[C@H]2F)OC(n2cnc3c(N)ccnc32)[C@@H]4F)c(=O)[nH]1.O=C1CC=Nc2c1ncn2C1OC2COP(=O)(O)O[C@@H]3C(COP(=O)(O)O[C@H]2[C@H]1F)OC(n1cnc2c(=O)[nH]cnc21)[C@@H]3F. The number of rotatable bonds is 6. The number of phosphoric ester groups is 6. The number of aliphatic imine (C=N–C) groups is 1. The minimum absolute atomic E-state index is 0.0184. The molecule has 30 atom stereocenters. The lowest BCUT2D eigenvalue weighted by molar-refractivity contribution is -0.0665. The maximum atomic E-state index is 15.9. The molecule has 9 fully saturated rings. The number of anilines is 3. The van der Waals surface area contributed by atoms with Gasteiger partial charge in [0.15, 0.2) is 142 Å². The molecule has 19 unspecified atom stereocenters. The summed E-state index contributed by atoms with van der Waals surface area (Å²) in [6, 6.07) is 1.47. The number of H-pyrrole nitrogens is 4. The summed E-state index contributed by atoms with van der Waals surface area (Å²) in [4.78, 5) is 181. The summed E-state index contributed by atoms with van der Waals surface area (Å²) in [5, 5.41) is 0. The molecule has 726 valence electrons. The van der Waals surface area contributed by atoms with Crippen LogP contribution >= 0.6 is 46.9 Å². The molecule has 21 heterocycles. The standard InChI is InChI=1S/C21H23F2N9O12P2.C21H23F2N9O11P2.C21H21F2N7O12P2/c1-6-27-15-11(17(33)28-6)25-4-31(15)19-9(22)13-7(41-19)2-39-46(37,38)44-14-8(3-40-45(35,36)43-13)42-20(10(14)23)32-5-26-12-16(32)29-21(24)30-18(12)34;22-10-14-8(40-19(10)31-5-27-12-7(24)1-2-26-16(12)31)3-38-45(36,37)43-15-9(4-39-44(34,35)42-14)41-20(11(15)23)32-6-28-13-17(32)29-21(25)30-18(13)33;22-11-15-9(39-20(11)29-6-27-13-8(31)1-2-24-17(13)29)3-37-44(35,36)42-16-10(4-38-43(33,34)41-15)40-21(12(16)23)30-7-28-14-18(30)25-5-26-19(14)32/h4-5,7-10,13-14,19-20H,2-3H2,1H3,(H,35,36)(H,37,38)(H,27,28,33)(H3,24,29,30,34);1-2,5-6,8-11,14-15,19-20H,3-4H2,(H2,24,26)(H,34,35)(H,36,37)(H3,25,29,30,33);2,5-7,9-12,15-16,20-21H,1,3-4H2,(H,33,34)(H,35,36)(H,25,26,32)/t7?,8?,9-,10-,13-,14-,19?,20?;8?,9?,10-,11-,14-,15?,19?,20?;9?,10?,11-,12-,15-,16-,20?,21?/m111/s1. The molecule has 0 aliphatic carbocycles. The Morgan fingerprint density at radius 2 is 0.659 bits per heavy atom. The van der Waals surface area contributed by atoms with Gasteiger partial charge in [0.25, 0.3) is 22.2 Å². The van der Waals surface area contributed by atoms with Crippen LogP contribution in [0.2, 0.25) is 0 Å². The number of alkyl halides is 6. The molecular weight excluding hydrogens is 1970 g/mol. The Kier molecular flexibility index (Phi) is 24.7. The molecule has 9 saturated heterocycles. The van der Waals surface area contributed by atoms with Crippen molar-refractivity contribution < 1.29 is 171 Å². The number of carbonyl (C=O) groups excluding carboxylic acids is 1. The lowest BCUT2D eigenvalue weighted by Gasteiger charge is -2.27. The van der Waals surface area contributed by atoms with Crippen molar-refractivity contribution in [3.63, 3.8) is 0 Å². The Bertz CT molecular complexity index is 6970. The van der Waals surface area contributed by atoms with Crippen molar-refractivity contribution in [2.45, 2.75) is 161 Å². The van der Waals surface area contributed by atoms with E-state index in [9.17, 15) is 80.7 Å². The van der Waals surface area contributed by atoms with E-state index in [2.05, 4.69) is 79.8 Å². The van der Waals surface area contributed by atoms with E-state index in [1.165, 1.54) is 31.7 Å². The van der Waals surface area contributed by atoms with Crippen LogP contribution in [0, 0.1) is 6.92 Å². The number of carbonyl (C=O) groups is 1. The third-order valence-corrected chi connectivity index (χ3v) is 27.9. The zero-order chi connectivity index (χ0) is 95.5. The van der Waals surface area contributed by atoms with E-state index >= 15 is 26.3 Å². The van der Waals surface area contributed by atoms with Gasteiger partial charge in [-0.25, -0.2) is 104 Å². The monoisotopic (exact) mass is 2030 g/mol. The van der Waals surface area contributed by atoms with E-state index < -0.39 is 256 Å². The predicted molar refractivity (Wildman–Crippen MR) is 424 cm³/mol. The largest absolute Gasteiger partial charge is 0.472 e. The summed E-state index contributed by atoms with van der Waals surface area (Å²) in [5.41, 5.74) is 13.5. The van der Waals surface area contributed by atoms with Crippen LogP contribution in [0.25, 0.3) is 55.8 Å². The highest BCUT2D eigenvalue weighted by Gasteiger charge is 2.61. The topological polar surface area (TPSA) is 800 Å². The van der Waals surface area contributed by atoms with Crippen LogP contribution in [0.3, 0.4) is 0 Å². The molecule has 0 aromatic carbocycles. The zero-order valence-corrected chi connectivity index (χ0v) is 72.7. The summed E-state index contributed by atoms with van der Waals surface area (Å²) in [7, 11) is -31.0. The Morgan fingerprint density at radius 1 is 0.370 bits per heavy atom. The van der Waals surface area contributed by atoms with Crippen molar-refractivity contribution >= 4 is 138 Å². The number of hydrogen-bond donors (Lipinski definition) is 13. The normalized spacial score (nSPS) is 38.1. The number of aromatic amines is 4. The first-order valence-electron chi connectivity index (χ1n) is 39.1. The number of fused-ring (bicyclic) bond motifs is 12.